The molecule has 1 aromatic rings. The lowest BCUT2D eigenvalue weighted by Gasteiger charge is -2.32. The van der Waals surface area contributed by atoms with E-state index in [1.807, 2.05) is 6.33 Å². The molecule has 0 spiro atoms. The van der Waals surface area contributed by atoms with Gasteiger partial charge in [-0.05, 0) is 30.6 Å². The molecular weight excluding hydrogens is 260 g/mol. The summed E-state index contributed by atoms with van der Waals surface area (Å²) in [5.41, 5.74) is 3.08. The highest BCUT2D eigenvalue weighted by molar-refractivity contribution is 5.15. The lowest BCUT2D eigenvalue weighted by Crippen LogP contribution is -2.45. The van der Waals surface area contributed by atoms with Gasteiger partial charge in [-0.15, -0.1) is 0 Å². The third-order valence-electron chi connectivity index (χ3n) is 5.21. The van der Waals surface area contributed by atoms with Crippen molar-refractivity contribution < 1.29 is 0 Å². The normalized spacial score (nSPS) is 24.4. The van der Waals surface area contributed by atoms with Crippen molar-refractivity contribution in [3.05, 3.63) is 17.7 Å². The molecule has 21 heavy (non-hydrogen) atoms. The Morgan fingerprint density at radius 3 is 2.95 bits per heavy atom. The summed E-state index contributed by atoms with van der Waals surface area (Å²) < 4.78 is 0. The maximum absolute atomic E-state index is 4.42. The van der Waals surface area contributed by atoms with Crippen LogP contribution in [0.25, 0.3) is 0 Å². The van der Waals surface area contributed by atoms with Crippen LogP contribution < -0.4 is 10.6 Å². The molecule has 3 N–H and O–H groups in total. The number of nitrogens with zero attached hydrogens (tertiary/aromatic N) is 1. The lowest BCUT2D eigenvalue weighted by atomic mass is 9.78. The monoisotopic (exact) mass is 290 g/mol. The van der Waals surface area contributed by atoms with E-state index >= 15 is 0 Å². The van der Waals surface area contributed by atoms with Gasteiger partial charge in [0, 0.05) is 32.1 Å². The highest BCUT2D eigenvalue weighted by Gasteiger charge is 2.34. The molecule has 118 valence electrons. The zero-order valence-corrected chi connectivity index (χ0v) is 13.5. The van der Waals surface area contributed by atoms with Gasteiger partial charge < -0.3 is 15.6 Å². The van der Waals surface area contributed by atoms with E-state index in [2.05, 4.69) is 34.4 Å². The van der Waals surface area contributed by atoms with E-state index in [1.54, 1.807) is 0 Å². The molecule has 1 atom stereocenters. The highest BCUT2D eigenvalue weighted by Crippen LogP contribution is 2.42. The number of imidazole rings is 1. The molecule has 1 unspecified atom stereocenters. The predicted molar refractivity (Wildman–Crippen MR) is 86.1 cm³/mol. The van der Waals surface area contributed by atoms with Crippen LogP contribution in [0.5, 0.6) is 0 Å². The topological polar surface area (TPSA) is 52.7 Å². The van der Waals surface area contributed by atoms with E-state index in [-0.39, 0.29) is 0 Å². The van der Waals surface area contributed by atoms with E-state index in [9.17, 15) is 0 Å². The standard InChI is InChI=1S/C17H30N4/c1-13(2)8-17(5-3-4-6-17)11-18-9-14-7-15-16(10-19-14)21-12-20-15/h12-14,18-19H,3-11H2,1-2H3,(H,20,21). The molecule has 4 nitrogen and oxygen atoms in total. The van der Waals surface area contributed by atoms with Gasteiger partial charge in [0.05, 0.1) is 17.7 Å². The average Bonchev–Trinajstić information content (AvgIpc) is 3.07. The quantitative estimate of drug-likeness (QED) is 0.755. The minimum atomic E-state index is 0.526. The molecule has 1 aliphatic heterocycles. The fourth-order valence-corrected chi connectivity index (χ4v) is 4.33. The van der Waals surface area contributed by atoms with Crippen molar-refractivity contribution in [3.63, 3.8) is 0 Å². The van der Waals surface area contributed by atoms with Crippen LogP contribution in [0, 0.1) is 11.3 Å². The molecule has 1 fully saturated rings. The third kappa shape index (κ3) is 3.67. The van der Waals surface area contributed by atoms with Gasteiger partial charge in [0.15, 0.2) is 0 Å². The van der Waals surface area contributed by atoms with Crippen molar-refractivity contribution >= 4 is 0 Å². The van der Waals surface area contributed by atoms with Gasteiger partial charge in [-0.2, -0.15) is 0 Å². The molecule has 0 aromatic carbocycles. The molecule has 4 heteroatoms. The minimum Gasteiger partial charge on any atom is -0.347 e. The van der Waals surface area contributed by atoms with E-state index in [0.29, 0.717) is 11.5 Å². The van der Waals surface area contributed by atoms with Crippen LogP contribution in [-0.4, -0.2) is 29.1 Å². The summed E-state index contributed by atoms with van der Waals surface area (Å²) in [5, 5.41) is 7.37. The van der Waals surface area contributed by atoms with Crippen LogP contribution in [-0.2, 0) is 13.0 Å². The second-order valence-electron chi connectivity index (χ2n) is 7.55. The second-order valence-corrected chi connectivity index (χ2v) is 7.55. The van der Waals surface area contributed by atoms with Crippen LogP contribution in [0.15, 0.2) is 6.33 Å². The Morgan fingerprint density at radius 1 is 1.38 bits per heavy atom. The van der Waals surface area contributed by atoms with Gasteiger partial charge in [-0.25, -0.2) is 4.98 Å². The van der Waals surface area contributed by atoms with Crippen molar-refractivity contribution in [3.8, 4) is 0 Å². The number of hydrogen-bond donors (Lipinski definition) is 3. The number of aromatic nitrogens is 2. The summed E-state index contributed by atoms with van der Waals surface area (Å²) in [4.78, 5) is 7.63. The Morgan fingerprint density at radius 2 is 2.19 bits per heavy atom. The van der Waals surface area contributed by atoms with Gasteiger partial charge in [-0.3, -0.25) is 0 Å². The third-order valence-corrected chi connectivity index (χ3v) is 5.21. The Labute approximate surface area is 128 Å². The molecule has 1 aliphatic carbocycles. The maximum Gasteiger partial charge on any atom is 0.0925 e. The molecule has 1 aromatic heterocycles. The predicted octanol–water partition coefficient (Wildman–Crippen LogP) is 2.62. The van der Waals surface area contributed by atoms with Gasteiger partial charge >= 0.3 is 0 Å². The van der Waals surface area contributed by atoms with Crippen molar-refractivity contribution in [2.24, 2.45) is 11.3 Å². The smallest absolute Gasteiger partial charge is 0.0925 e. The molecule has 0 bridgehead atoms. The van der Waals surface area contributed by atoms with Crippen molar-refractivity contribution in [1.82, 2.24) is 20.6 Å². The largest absolute Gasteiger partial charge is 0.347 e. The van der Waals surface area contributed by atoms with E-state index in [1.165, 1.54) is 50.0 Å². The van der Waals surface area contributed by atoms with Crippen molar-refractivity contribution in [2.75, 3.05) is 13.1 Å². The summed E-state index contributed by atoms with van der Waals surface area (Å²) in [5.74, 6) is 0.810. The van der Waals surface area contributed by atoms with Gasteiger partial charge in [0.25, 0.3) is 0 Å². The van der Waals surface area contributed by atoms with Crippen molar-refractivity contribution in [2.45, 2.75) is 65.0 Å². The van der Waals surface area contributed by atoms with Gasteiger partial charge in [0.2, 0.25) is 0 Å². The first-order valence-electron chi connectivity index (χ1n) is 8.62. The van der Waals surface area contributed by atoms with Crippen molar-refractivity contribution in [1.29, 1.82) is 0 Å². The number of rotatable bonds is 6. The van der Waals surface area contributed by atoms with E-state index in [4.69, 9.17) is 0 Å². The number of H-pyrrole nitrogens is 1. The fraction of sp³-hybridized carbons (Fsp3) is 0.824. The second kappa shape index (κ2) is 6.49. The number of aromatic amines is 1. The molecule has 2 aliphatic rings. The van der Waals surface area contributed by atoms with Crippen LogP contribution in [0.2, 0.25) is 0 Å². The summed E-state index contributed by atoms with van der Waals surface area (Å²) in [6, 6.07) is 0.526. The number of fused-ring (bicyclic) bond motifs is 1. The fourth-order valence-electron chi connectivity index (χ4n) is 4.33. The first kappa shape index (κ1) is 15.0. The first-order chi connectivity index (χ1) is 10.2. The lowest BCUT2D eigenvalue weighted by molar-refractivity contribution is 0.220. The zero-order chi connectivity index (χ0) is 14.7. The zero-order valence-electron chi connectivity index (χ0n) is 13.5. The van der Waals surface area contributed by atoms with Crippen LogP contribution in [0.4, 0.5) is 0 Å². The first-order valence-corrected chi connectivity index (χ1v) is 8.62. The minimum absolute atomic E-state index is 0.526. The summed E-state index contributed by atoms with van der Waals surface area (Å²) in [6.45, 7) is 7.91. The number of hydrogen-bond acceptors (Lipinski definition) is 3. The molecular formula is C17H30N4. The molecule has 1 saturated carbocycles. The molecule has 0 radical (unpaired) electrons. The van der Waals surface area contributed by atoms with E-state index < -0.39 is 0 Å². The highest BCUT2D eigenvalue weighted by atomic mass is 15.0. The SMILES string of the molecule is CC(C)CC1(CNCC2Cc3nc[nH]c3CN2)CCCC1. The van der Waals surface area contributed by atoms with Crippen LogP contribution in [0.1, 0.15) is 57.3 Å². The maximum atomic E-state index is 4.42. The van der Waals surface area contributed by atoms with E-state index in [0.717, 1.165) is 25.4 Å². The summed E-state index contributed by atoms with van der Waals surface area (Å²) >= 11 is 0. The molecule has 2 heterocycles. The summed E-state index contributed by atoms with van der Waals surface area (Å²) in [6.07, 6.45) is 9.92. The van der Waals surface area contributed by atoms with Gasteiger partial charge in [0.1, 0.15) is 0 Å². The Kier molecular flexibility index (Phi) is 4.65. The van der Waals surface area contributed by atoms with Crippen LogP contribution in [0.3, 0.4) is 0 Å². The molecule has 0 amide bonds. The Hall–Kier alpha value is -0.870. The average molecular weight is 290 g/mol. The molecule has 0 saturated heterocycles. The summed E-state index contributed by atoms with van der Waals surface area (Å²) in [7, 11) is 0. The molecule has 3 rings (SSSR count). The Balaban J connectivity index is 1.47. The number of nitrogens with one attached hydrogen (secondary N) is 3. The van der Waals surface area contributed by atoms with Crippen LogP contribution >= 0.6 is 0 Å². The van der Waals surface area contributed by atoms with Gasteiger partial charge in [-0.1, -0.05) is 26.7 Å². The Bertz CT molecular complexity index is 445.